The number of nitrogens with two attached hydrogens (primary N) is 2. The molecular formula is C15H15N5O2. The molecule has 22 heavy (non-hydrogen) atoms. The second-order valence-electron chi connectivity index (χ2n) is 4.96. The molecule has 0 unspecified atom stereocenters. The van der Waals surface area contributed by atoms with Crippen molar-refractivity contribution < 1.29 is 4.74 Å². The van der Waals surface area contributed by atoms with Gasteiger partial charge in [-0.25, -0.2) is 9.97 Å². The maximum Gasteiger partial charge on any atom is 0.260 e. The number of nitrogen functional groups attached to an aromatic ring is 2. The molecule has 0 spiro atoms. The SMILES string of the molecule is COc1ncc(-c2cc(C)c3nc(N)[nH]c(=O)c3c2)cc1N. The minimum atomic E-state index is -0.276. The molecular weight excluding hydrogens is 282 g/mol. The number of aromatic amines is 1. The third-order valence-corrected chi connectivity index (χ3v) is 3.42. The third-order valence-electron chi connectivity index (χ3n) is 3.42. The Morgan fingerprint density at radius 3 is 2.64 bits per heavy atom. The molecule has 1 aromatic carbocycles. The minimum absolute atomic E-state index is 0.101. The summed E-state index contributed by atoms with van der Waals surface area (Å²) in [6.07, 6.45) is 1.65. The van der Waals surface area contributed by atoms with Crippen LogP contribution < -0.4 is 21.8 Å². The lowest BCUT2D eigenvalue weighted by atomic mass is 10.0. The second-order valence-corrected chi connectivity index (χ2v) is 4.96. The maximum atomic E-state index is 12.1. The van der Waals surface area contributed by atoms with Gasteiger partial charge >= 0.3 is 0 Å². The van der Waals surface area contributed by atoms with Crippen LogP contribution in [0.5, 0.6) is 5.88 Å². The highest BCUT2D eigenvalue weighted by Gasteiger charge is 2.10. The number of hydrogen-bond donors (Lipinski definition) is 3. The van der Waals surface area contributed by atoms with Gasteiger partial charge in [0, 0.05) is 11.8 Å². The van der Waals surface area contributed by atoms with Crippen molar-refractivity contribution in [1.29, 1.82) is 0 Å². The predicted molar refractivity (Wildman–Crippen MR) is 85.7 cm³/mol. The monoisotopic (exact) mass is 297 g/mol. The number of methoxy groups -OCH3 is 1. The van der Waals surface area contributed by atoms with Gasteiger partial charge in [-0.15, -0.1) is 0 Å². The summed E-state index contributed by atoms with van der Waals surface area (Å²) in [6, 6.07) is 5.42. The molecule has 0 aliphatic carbocycles. The van der Waals surface area contributed by atoms with Crippen LogP contribution >= 0.6 is 0 Å². The molecule has 0 amide bonds. The number of H-pyrrole nitrogens is 1. The van der Waals surface area contributed by atoms with Crippen LogP contribution in [0.3, 0.4) is 0 Å². The number of ether oxygens (including phenoxy) is 1. The average Bonchev–Trinajstić information content (AvgIpc) is 2.48. The number of hydrogen-bond acceptors (Lipinski definition) is 6. The molecule has 0 saturated heterocycles. The lowest BCUT2D eigenvalue weighted by molar-refractivity contribution is 0.400. The fourth-order valence-corrected chi connectivity index (χ4v) is 2.40. The molecule has 0 radical (unpaired) electrons. The first-order valence-corrected chi connectivity index (χ1v) is 6.59. The Morgan fingerprint density at radius 1 is 1.18 bits per heavy atom. The zero-order valence-electron chi connectivity index (χ0n) is 12.2. The Bertz CT molecular complexity index is 933. The van der Waals surface area contributed by atoms with Gasteiger partial charge in [-0.3, -0.25) is 9.78 Å². The molecule has 3 rings (SSSR count). The Hall–Kier alpha value is -3.09. The number of nitrogens with zero attached hydrogens (tertiary/aromatic N) is 2. The molecule has 0 atom stereocenters. The molecule has 7 nitrogen and oxygen atoms in total. The van der Waals surface area contributed by atoms with Crippen LogP contribution in [-0.4, -0.2) is 22.1 Å². The Kier molecular flexibility index (Phi) is 3.17. The Balaban J connectivity index is 2.24. The van der Waals surface area contributed by atoms with Crippen molar-refractivity contribution in [3.8, 4) is 17.0 Å². The van der Waals surface area contributed by atoms with Crippen LogP contribution in [0.1, 0.15) is 5.56 Å². The van der Waals surface area contributed by atoms with Crippen LogP contribution in [-0.2, 0) is 0 Å². The van der Waals surface area contributed by atoms with Crippen molar-refractivity contribution in [1.82, 2.24) is 15.0 Å². The van der Waals surface area contributed by atoms with E-state index >= 15 is 0 Å². The zero-order chi connectivity index (χ0) is 15.9. The summed E-state index contributed by atoms with van der Waals surface area (Å²) < 4.78 is 5.05. The molecule has 0 aliphatic heterocycles. The number of rotatable bonds is 2. The molecule has 7 heteroatoms. The Labute approximate surface area is 126 Å². The van der Waals surface area contributed by atoms with Crippen LogP contribution in [0, 0.1) is 6.92 Å². The van der Waals surface area contributed by atoms with Gasteiger partial charge in [0.15, 0.2) is 0 Å². The summed E-state index contributed by atoms with van der Waals surface area (Å²) in [6.45, 7) is 1.87. The third kappa shape index (κ3) is 2.22. The number of nitrogens with one attached hydrogen (secondary N) is 1. The predicted octanol–water partition coefficient (Wildman–Crippen LogP) is 1.47. The summed E-state index contributed by atoms with van der Waals surface area (Å²) in [5, 5.41) is 0.471. The van der Waals surface area contributed by atoms with E-state index in [1.54, 1.807) is 18.3 Å². The number of aryl methyl sites for hydroxylation is 1. The molecule has 0 aliphatic rings. The molecule has 2 heterocycles. The van der Waals surface area contributed by atoms with E-state index in [1.165, 1.54) is 7.11 Å². The highest BCUT2D eigenvalue weighted by Crippen LogP contribution is 2.28. The van der Waals surface area contributed by atoms with Gasteiger partial charge in [-0.2, -0.15) is 0 Å². The molecule has 2 aromatic heterocycles. The zero-order valence-corrected chi connectivity index (χ0v) is 12.2. The van der Waals surface area contributed by atoms with Gasteiger partial charge in [0.05, 0.1) is 23.7 Å². The summed E-state index contributed by atoms with van der Waals surface area (Å²) in [4.78, 5) is 22.9. The number of fused-ring (bicyclic) bond motifs is 1. The first kappa shape index (κ1) is 13.9. The van der Waals surface area contributed by atoms with Gasteiger partial charge in [0.25, 0.3) is 5.56 Å². The van der Waals surface area contributed by atoms with E-state index in [4.69, 9.17) is 16.2 Å². The number of aromatic nitrogens is 3. The molecule has 112 valence electrons. The first-order chi connectivity index (χ1) is 10.5. The number of anilines is 2. The smallest absolute Gasteiger partial charge is 0.260 e. The van der Waals surface area contributed by atoms with E-state index in [0.29, 0.717) is 22.5 Å². The normalized spacial score (nSPS) is 10.8. The van der Waals surface area contributed by atoms with Crippen molar-refractivity contribution in [2.24, 2.45) is 0 Å². The van der Waals surface area contributed by atoms with Gasteiger partial charge < -0.3 is 16.2 Å². The van der Waals surface area contributed by atoms with E-state index in [2.05, 4.69) is 15.0 Å². The standard InChI is InChI=1S/C15H15N5O2/c1-7-3-8(9-5-11(16)14(22-2)18-6-9)4-10-12(7)19-15(17)20-13(10)21/h3-6H,16H2,1-2H3,(H3,17,19,20,21). The summed E-state index contributed by atoms with van der Waals surface area (Å²) in [7, 11) is 1.51. The fourth-order valence-electron chi connectivity index (χ4n) is 2.40. The summed E-state index contributed by atoms with van der Waals surface area (Å²) in [5.41, 5.74) is 14.7. The summed E-state index contributed by atoms with van der Waals surface area (Å²) >= 11 is 0. The van der Waals surface area contributed by atoms with E-state index < -0.39 is 0 Å². The highest BCUT2D eigenvalue weighted by molar-refractivity contribution is 5.87. The lowest BCUT2D eigenvalue weighted by Gasteiger charge is -2.09. The van der Waals surface area contributed by atoms with Crippen LogP contribution in [0.25, 0.3) is 22.0 Å². The first-order valence-electron chi connectivity index (χ1n) is 6.59. The van der Waals surface area contributed by atoms with E-state index in [-0.39, 0.29) is 11.5 Å². The van der Waals surface area contributed by atoms with Gasteiger partial charge in [0.1, 0.15) is 0 Å². The highest BCUT2D eigenvalue weighted by atomic mass is 16.5. The molecule has 3 aromatic rings. The number of pyridine rings is 1. The van der Waals surface area contributed by atoms with Crippen molar-refractivity contribution in [3.05, 3.63) is 40.3 Å². The van der Waals surface area contributed by atoms with Crippen molar-refractivity contribution >= 4 is 22.5 Å². The molecule has 0 saturated carbocycles. The lowest BCUT2D eigenvalue weighted by Crippen LogP contribution is -2.12. The topological polar surface area (TPSA) is 120 Å². The minimum Gasteiger partial charge on any atom is -0.480 e. The van der Waals surface area contributed by atoms with Crippen molar-refractivity contribution in [2.75, 3.05) is 18.6 Å². The van der Waals surface area contributed by atoms with Crippen LogP contribution in [0.2, 0.25) is 0 Å². The number of benzene rings is 1. The maximum absolute atomic E-state index is 12.1. The van der Waals surface area contributed by atoms with Crippen molar-refractivity contribution in [2.45, 2.75) is 6.92 Å². The van der Waals surface area contributed by atoms with Gasteiger partial charge in [-0.05, 0) is 36.2 Å². The van der Waals surface area contributed by atoms with E-state index in [0.717, 1.165) is 16.7 Å². The van der Waals surface area contributed by atoms with E-state index in [1.807, 2.05) is 13.0 Å². The Morgan fingerprint density at radius 2 is 1.95 bits per heavy atom. The fraction of sp³-hybridized carbons (Fsp3) is 0.133. The quantitative estimate of drug-likeness (QED) is 0.658. The van der Waals surface area contributed by atoms with Crippen LogP contribution in [0.15, 0.2) is 29.2 Å². The molecule has 0 fully saturated rings. The summed E-state index contributed by atoms with van der Waals surface area (Å²) in [5.74, 6) is 0.470. The van der Waals surface area contributed by atoms with Gasteiger partial charge in [-0.1, -0.05) is 0 Å². The van der Waals surface area contributed by atoms with Crippen LogP contribution in [0.4, 0.5) is 11.6 Å². The molecule has 0 bridgehead atoms. The van der Waals surface area contributed by atoms with Gasteiger partial charge in [0.2, 0.25) is 11.8 Å². The van der Waals surface area contributed by atoms with E-state index in [9.17, 15) is 4.79 Å². The average molecular weight is 297 g/mol. The van der Waals surface area contributed by atoms with Crippen molar-refractivity contribution in [3.63, 3.8) is 0 Å². The second kappa shape index (κ2) is 5.03. The largest absolute Gasteiger partial charge is 0.480 e. The molecule has 5 N–H and O–H groups in total.